The van der Waals surface area contributed by atoms with E-state index in [1.54, 1.807) is 13.8 Å². The fourth-order valence-electron chi connectivity index (χ4n) is 0.978. The number of amides is 5. The standard InChI is InChI=1S/C8H10N2O4S/c1-4(2)15-8(14)10-6(12)5(11)9(3)7(10)13/h4H,1-3H3. The molecule has 7 heteroatoms. The van der Waals surface area contributed by atoms with Crippen molar-refractivity contribution in [2.45, 2.75) is 19.1 Å². The van der Waals surface area contributed by atoms with Crippen molar-refractivity contribution >= 4 is 34.8 Å². The predicted molar refractivity (Wildman–Crippen MR) is 53.1 cm³/mol. The summed E-state index contributed by atoms with van der Waals surface area (Å²) in [6.45, 7) is 3.50. The monoisotopic (exact) mass is 230 g/mol. The number of urea groups is 1. The molecule has 0 aromatic rings. The molecule has 1 saturated heterocycles. The molecule has 0 bridgehead atoms. The lowest BCUT2D eigenvalue weighted by atomic mass is 10.6. The lowest BCUT2D eigenvalue weighted by Gasteiger charge is -2.11. The van der Waals surface area contributed by atoms with Gasteiger partial charge in [-0.1, -0.05) is 25.6 Å². The van der Waals surface area contributed by atoms with Crippen molar-refractivity contribution in [1.82, 2.24) is 9.80 Å². The minimum absolute atomic E-state index is 0.0564. The molecule has 1 rings (SSSR count). The SMILES string of the molecule is CC(C)SC(=O)N1C(=O)C(=O)N(C)C1=O. The van der Waals surface area contributed by atoms with Gasteiger partial charge in [0.15, 0.2) is 0 Å². The number of carbonyl (C=O) groups excluding carboxylic acids is 4. The van der Waals surface area contributed by atoms with E-state index in [9.17, 15) is 19.2 Å². The third-order valence-corrected chi connectivity index (χ3v) is 2.54. The van der Waals surface area contributed by atoms with Crippen molar-refractivity contribution in [3.05, 3.63) is 0 Å². The third kappa shape index (κ3) is 2.01. The Morgan fingerprint density at radius 1 is 1.20 bits per heavy atom. The van der Waals surface area contributed by atoms with Gasteiger partial charge in [-0.15, -0.1) is 0 Å². The first-order valence-corrected chi connectivity index (χ1v) is 5.11. The molecule has 0 aliphatic carbocycles. The number of likely N-dealkylation sites (N-methyl/N-ethyl adjacent to an activating group) is 1. The van der Waals surface area contributed by atoms with Gasteiger partial charge in [0.25, 0.3) is 5.24 Å². The number of imide groups is 4. The highest BCUT2D eigenvalue weighted by molar-refractivity contribution is 8.14. The highest BCUT2D eigenvalue weighted by atomic mass is 32.2. The fourth-order valence-corrected chi connectivity index (χ4v) is 1.65. The third-order valence-electron chi connectivity index (χ3n) is 1.69. The molecule has 0 unspecified atom stereocenters. The maximum Gasteiger partial charge on any atom is 0.341 e. The first-order chi connectivity index (χ1) is 6.86. The molecule has 0 saturated carbocycles. The van der Waals surface area contributed by atoms with E-state index in [1.807, 2.05) is 0 Å². The summed E-state index contributed by atoms with van der Waals surface area (Å²) >= 11 is 0.830. The van der Waals surface area contributed by atoms with Crippen LogP contribution in [0.1, 0.15) is 13.8 Å². The van der Waals surface area contributed by atoms with E-state index in [-0.39, 0.29) is 5.25 Å². The number of rotatable bonds is 1. The molecule has 1 aliphatic rings. The van der Waals surface area contributed by atoms with Gasteiger partial charge in [0.05, 0.1) is 0 Å². The van der Waals surface area contributed by atoms with Crippen molar-refractivity contribution in [2.75, 3.05) is 7.05 Å². The van der Waals surface area contributed by atoms with Gasteiger partial charge in [0.2, 0.25) is 0 Å². The van der Waals surface area contributed by atoms with Crippen molar-refractivity contribution in [3.8, 4) is 0 Å². The molecule has 1 aliphatic heterocycles. The van der Waals surface area contributed by atoms with E-state index < -0.39 is 23.1 Å². The molecule has 15 heavy (non-hydrogen) atoms. The molecule has 1 heterocycles. The van der Waals surface area contributed by atoms with Gasteiger partial charge in [0, 0.05) is 12.3 Å². The van der Waals surface area contributed by atoms with Crippen molar-refractivity contribution in [2.24, 2.45) is 0 Å². The largest absolute Gasteiger partial charge is 0.341 e. The molecule has 0 N–H and O–H groups in total. The molecule has 0 spiro atoms. The number of hydrogen-bond donors (Lipinski definition) is 0. The fraction of sp³-hybridized carbons (Fsp3) is 0.500. The second kappa shape index (κ2) is 4.01. The van der Waals surface area contributed by atoms with Crippen LogP contribution >= 0.6 is 11.8 Å². The molecular weight excluding hydrogens is 220 g/mol. The predicted octanol–water partition coefficient (Wildman–Crippen LogP) is 0.669. The van der Waals surface area contributed by atoms with Crippen LogP contribution < -0.4 is 0 Å². The van der Waals surface area contributed by atoms with Crippen LogP contribution in [0.4, 0.5) is 9.59 Å². The van der Waals surface area contributed by atoms with Gasteiger partial charge >= 0.3 is 17.8 Å². The highest BCUT2D eigenvalue weighted by Crippen LogP contribution is 2.20. The molecule has 1 fully saturated rings. The van der Waals surface area contributed by atoms with E-state index in [0.29, 0.717) is 9.80 Å². The van der Waals surface area contributed by atoms with Gasteiger partial charge in [-0.25, -0.2) is 4.79 Å². The Hall–Kier alpha value is -1.37. The number of nitrogens with zero attached hydrogens (tertiary/aromatic N) is 2. The zero-order valence-electron chi connectivity index (χ0n) is 8.51. The van der Waals surface area contributed by atoms with Crippen LogP contribution in [0.3, 0.4) is 0 Å². The quantitative estimate of drug-likeness (QED) is 0.489. The second-order valence-corrected chi connectivity index (χ2v) is 4.75. The summed E-state index contributed by atoms with van der Waals surface area (Å²) in [6, 6.07) is -0.886. The average Bonchev–Trinajstić information content (AvgIpc) is 2.30. The summed E-state index contributed by atoms with van der Waals surface area (Å²) in [5, 5.41) is -0.767. The van der Waals surface area contributed by atoms with Crippen LogP contribution in [-0.2, 0) is 9.59 Å². The zero-order valence-corrected chi connectivity index (χ0v) is 9.33. The molecule has 5 amide bonds. The van der Waals surface area contributed by atoms with E-state index >= 15 is 0 Å². The summed E-state index contributed by atoms with van der Waals surface area (Å²) in [5.74, 6) is -2.06. The van der Waals surface area contributed by atoms with Crippen LogP contribution in [0, 0.1) is 0 Å². The Labute approximate surface area is 90.6 Å². The normalized spacial score (nSPS) is 16.9. The minimum Gasteiger partial charge on any atom is -0.263 e. The Morgan fingerprint density at radius 3 is 2.07 bits per heavy atom. The minimum atomic E-state index is -1.08. The maximum absolute atomic E-state index is 11.4. The lowest BCUT2D eigenvalue weighted by molar-refractivity contribution is -0.141. The van der Waals surface area contributed by atoms with Crippen LogP contribution in [0.5, 0.6) is 0 Å². The van der Waals surface area contributed by atoms with Gasteiger partial charge < -0.3 is 0 Å². The molecular formula is C8H10N2O4S. The van der Waals surface area contributed by atoms with Crippen molar-refractivity contribution in [3.63, 3.8) is 0 Å². The summed E-state index contributed by atoms with van der Waals surface area (Å²) in [4.78, 5) is 46.1. The lowest BCUT2D eigenvalue weighted by Crippen LogP contribution is -2.35. The number of thioether (sulfide) groups is 1. The highest BCUT2D eigenvalue weighted by Gasteiger charge is 2.46. The van der Waals surface area contributed by atoms with E-state index in [4.69, 9.17) is 0 Å². The van der Waals surface area contributed by atoms with Crippen LogP contribution in [0.25, 0.3) is 0 Å². The Morgan fingerprint density at radius 2 is 1.73 bits per heavy atom. The van der Waals surface area contributed by atoms with E-state index in [0.717, 1.165) is 18.8 Å². The molecule has 6 nitrogen and oxygen atoms in total. The zero-order chi connectivity index (χ0) is 11.7. The topological polar surface area (TPSA) is 74.8 Å². The number of carbonyl (C=O) groups is 4. The van der Waals surface area contributed by atoms with Crippen molar-refractivity contribution in [1.29, 1.82) is 0 Å². The second-order valence-electron chi connectivity index (χ2n) is 3.22. The summed E-state index contributed by atoms with van der Waals surface area (Å²) in [6.07, 6.45) is 0. The summed E-state index contributed by atoms with van der Waals surface area (Å²) < 4.78 is 0. The summed E-state index contributed by atoms with van der Waals surface area (Å²) in [7, 11) is 1.16. The van der Waals surface area contributed by atoms with Crippen LogP contribution in [-0.4, -0.2) is 45.2 Å². The molecule has 82 valence electrons. The van der Waals surface area contributed by atoms with E-state index in [2.05, 4.69) is 0 Å². The molecule has 0 atom stereocenters. The maximum atomic E-state index is 11.4. The van der Waals surface area contributed by atoms with Gasteiger partial charge in [0.1, 0.15) is 0 Å². The Bertz CT molecular complexity index is 353. The Balaban J connectivity index is 2.88. The molecule has 0 aromatic carbocycles. The van der Waals surface area contributed by atoms with Crippen LogP contribution in [0.2, 0.25) is 0 Å². The van der Waals surface area contributed by atoms with Gasteiger partial charge in [-0.05, 0) is 0 Å². The van der Waals surface area contributed by atoms with Crippen molar-refractivity contribution < 1.29 is 19.2 Å². The first-order valence-electron chi connectivity index (χ1n) is 4.23. The first kappa shape index (κ1) is 11.7. The average molecular weight is 230 g/mol. The van der Waals surface area contributed by atoms with Gasteiger partial charge in [-0.3, -0.25) is 19.3 Å². The molecule has 0 aromatic heterocycles. The number of hydrogen-bond acceptors (Lipinski definition) is 5. The van der Waals surface area contributed by atoms with E-state index in [1.165, 1.54) is 0 Å². The van der Waals surface area contributed by atoms with Gasteiger partial charge in [-0.2, -0.15) is 4.90 Å². The summed E-state index contributed by atoms with van der Waals surface area (Å²) in [5.41, 5.74) is 0. The Kier molecular flexibility index (Phi) is 3.13. The molecule has 0 radical (unpaired) electrons. The smallest absolute Gasteiger partial charge is 0.263 e. The van der Waals surface area contributed by atoms with Crippen LogP contribution in [0.15, 0.2) is 0 Å².